The second-order valence-electron chi connectivity index (χ2n) is 6.67. The highest BCUT2D eigenvalue weighted by atomic mass is 16.2. The van der Waals surface area contributed by atoms with Crippen molar-refractivity contribution in [2.24, 2.45) is 0 Å². The van der Waals surface area contributed by atoms with Crippen LogP contribution >= 0.6 is 0 Å². The molecular formula is C18H27N3O. The Kier molecular flexibility index (Phi) is 4.98. The first-order valence-corrected chi connectivity index (χ1v) is 8.58. The number of benzene rings is 1. The second kappa shape index (κ2) is 7.14. The molecule has 1 saturated heterocycles. The van der Waals surface area contributed by atoms with Crippen molar-refractivity contribution in [3.8, 4) is 0 Å². The number of hydrogen-bond donors (Lipinski definition) is 2. The lowest BCUT2D eigenvalue weighted by atomic mass is 10.1. The Balaban J connectivity index is 1.46. The van der Waals surface area contributed by atoms with Crippen molar-refractivity contribution in [1.82, 2.24) is 15.5 Å². The van der Waals surface area contributed by atoms with Crippen molar-refractivity contribution < 1.29 is 4.79 Å². The first-order chi connectivity index (χ1) is 10.7. The largest absolute Gasteiger partial charge is 0.335 e. The molecule has 22 heavy (non-hydrogen) atoms. The third-order valence-corrected chi connectivity index (χ3v) is 5.07. The topological polar surface area (TPSA) is 44.4 Å². The molecule has 2 amide bonds. The molecular weight excluding hydrogens is 274 g/mol. The predicted molar refractivity (Wildman–Crippen MR) is 88.8 cm³/mol. The zero-order valence-electron chi connectivity index (χ0n) is 13.4. The molecule has 0 unspecified atom stereocenters. The molecule has 2 aliphatic rings. The average Bonchev–Trinajstić information content (AvgIpc) is 3.19. The van der Waals surface area contributed by atoms with Gasteiger partial charge in [-0.3, -0.25) is 4.90 Å². The average molecular weight is 301 g/mol. The smallest absolute Gasteiger partial charge is 0.315 e. The fourth-order valence-corrected chi connectivity index (χ4v) is 3.68. The maximum absolute atomic E-state index is 12.1. The highest BCUT2D eigenvalue weighted by Gasteiger charge is 2.28. The van der Waals surface area contributed by atoms with Crippen LogP contribution in [0.15, 0.2) is 30.3 Å². The van der Waals surface area contributed by atoms with Gasteiger partial charge in [-0.05, 0) is 31.7 Å². The number of urea groups is 1. The summed E-state index contributed by atoms with van der Waals surface area (Å²) in [5.74, 6) is 0. The minimum absolute atomic E-state index is 0.0196. The van der Waals surface area contributed by atoms with Crippen molar-refractivity contribution in [2.45, 2.75) is 57.2 Å². The minimum Gasteiger partial charge on any atom is -0.335 e. The van der Waals surface area contributed by atoms with E-state index in [-0.39, 0.29) is 12.1 Å². The number of likely N-dealkylation sites (tertiary alicyclic amines) is 1. The molecule has 3 rings (SSSR count). The van der Waals surface area contributed by atoms with Gasteiger partial charge in [-0.2, -0.15) is 0 Å². The van der Waals surface area contributed by atoms with E-state index in [0.717, 1.165) is 32.4 Å². The number of rotatable bonds is 4. The minimum atomic E-state index is 0.0196. The Morgan fingerprint density at radius 1 is 1.09 bits per heavy atom. The molecule has 2 fully saturated rings. The van der Waals surface area contributed by atoms with Crippen LogP contribution in [-0.2, 0) is 0 Å². The van der Waals surface area contributed by atoms with Crippen LogP contribution in [0.25, 0.3) is 0 Å². The summed E-state index contributed by atoms with van der Waals surface area (Å²) >= 11 is 0. The first kappa shape index (κ1) is 15.3. The molecule has 4 nitrogen and oxygen atoms in total. The first-order valence-electron chi connectivity index (χ1n) is 8.58. The molecule has 0 spiro atoms. The van der Waals surface area contributed by atoms with Crippen LogP contribution in [0.4, 0.5) is 4.79 Å². The van der Waals surface area contributed by atoms with Gasteiger partial charge in [0.25, 0.3) is 0 Å². The summed E-state index contributed by atoms with van der Waals surface area (Å²) in [6.07, 6.45) is 5.80. The van der Waals surface area contributed by atoms with Crippen molar-refractivity contribution in [2.75, 3.05) is 13.1 Å². The van der Waals surface area contributed by atoms with Crippen molar-refractivity contribution in [3.63, 3.8) is 0 Å². The molecule has 1 heterocycles. The lowest BCUT2D eigenvalue weighted by molar-refractivity contribution is 0.228. The van der Waals surface area contributed by atoms with E-state index in [9.17, 15) is 4.79 Å². The summed E-state index contributed by atoms with van der Waals surface area (Å²) in [6.45, 7) is 4.23. The van der Waals surface area contributed by atoms with E-state index < -0.39 is 0 Å². The maximum atomic E-state index is 12.1. The molecule has 120 valence electrons. The lowest BCUT2D eigenvalue weighted by Crippen LogP contribution is -2.46. The van der Waals surface area contributed by atoms with Gasteiger partial charge in [0, 0.05) is 31.2 Å². The summed E-state index contributed by atoms with van der Waals surface area (Å²) in [6, 6.07) is 11.7. The third-order valence-electron chi connectivity index (χ3n) is 5.07. The van der Waals surface area contributed by atoms with Crippen LogP contribution in [-0.4, -0.2) is 36.1 Å². The molecule has 4 heteroatoms. The molecule has 1 aromatic rings. The van der Waals surface area contributed by atoms with E-state index in [1.165, 1.54) is 18.4 Å². The van der Waals surface area contributed by atoms with Gasteiger partial charge in [-0.1, -0.05) is 43.2 Å². The van der Waals surface area contributed by atoms with Gasteiger partial charge < -0.3 is 10.6 Å². The molecule has 0 radical (unpaired) electrons. The zero-order valence-corrected chi connectivity index (χ0v) is 13.4. The van der Waals surface area contributed by atoms with Gasteiger partial charge in [-0.15, -0.1) is 0 Å². The fourth-order valence-electron chi connectivity index (χ4n) is 3.68. The number of amides is 2. The number of hydrogen-bond acceptors (Lipinski definition) is 2. The van der Waals surface area contributed by atoms with Crippen LogP contribution in [0.2, 0.25) is 0 Å². The molecule has 1 saturated carbocycles. The SMILES string of the molecule is C[C@@H](c1ccccc1)N1CC[C@@H](NC(=O)NC2CCCC2)C1. The van der Waals surface area contributed by atoms with Gasteiger partial charge in [0.2, 0.25) is 0 Å². The predicted octanol–water partition coefficient (Wildman–Crippen LogP) is 3.06. The number of nitrogens with zero attached hydrogens (tertiary/aromatic N) is 1. The Morgan fingerprint density at radius 3 is 2.50 bits per heavy atom. The summed E-state index contributed by atoms with van der Waals surface area (Å²) in [5, 5.41) is 6.26. The molecule has 0 aromatic heterocycles. The van der Waals surface area contributed by atoms with Gasteiger partial charge in [0.05, 0.1) is 0 Å². The molecule has 1 aliphatic heterocycles. The van der Waals surface area contributed by atoms with Crippen LogP contribution in [0.3, 0.4) is 0 Å². The molecule has 1 aliphatic carbocycles. The Bertz CT molecular complexity index is 484. The van der Waals surface area contributed by atoms with Crippen molar-refractivity contribution in [1.29, 1.82) is 0 Å². The quantitative estimate of drug-likeness (QED) is 0.897. The highest BCUT2D eigenvalue weighted by molar-refractivity contribution is 5.74. The van der Waals surface area contributed by atoms with Crippen LogP contribution < -0.4 is 10.6 Å². The van der Waals surface area contributed by atoms with Gasteiger partial charge in [0.1, 0.15) is 0 Å². The van der Waals surface area contributed by atoms with E-state index >= 15 is 0 Å². The normalized spacial score (nSPS) is 24.3. The number of carbonyl (C=O) groups excluding carboxylic acids is 1. The molecule has 0 bridgehead atoms. The Labute approximate surface area is 133 Å². The Morgan fingerprint density at radius 2 is 1.77 bits per heavy atom. The van der Waals surface area contributed by atoms with Gasteiger partial charge >= 0.3 is 6.03 Å². The zero-order chi connectivity index (χ0) is 15.4. The summed E-state index contributed by atoms with van der Waals surface area (Å²) in [5.41, 5.74) is 1.35. The number of carbonyl (C=O) groups is 1. The van der Waals surface area contributed by atoms with Crippen LogP contribution in [0.5, 0.6) is 0 Å². The van der Waals surface area contributed by atoms with E-state index in [1.54, 1.807) is 0 Å². The Hall–Kier alpha value is -1.55. The van der Waals surface area contributed by atoms with E-state index in [2.05, 4.69) is 52.8 Å². The third kappa shape index (κ3) is 3.80. The van der Waals surface area contributed by atoms with Gasteiger partial charge in [-0.25, -0.2) is 4.79 Å². The monoisotopic (exact) mass is 301 g/mol. The number of nitrogens with one attached hydrogen (secondary N) is 2. The van der Waals surface area contributed by atoms with Crippen LogP contribution in [0, 0.1) is 0 Å². The summed E-state index contributed by atoms with van der Waals surface area (Å²) in [4.78, 5) is 14.5. The van der Waals surface area contributed by atoms with E-state index in [0.29, 0.717) is 12.1 Å². The highest BCUT2D eigenvalue weighted by Crippen LogP contribution is 2.24. The molecule has 2 atom stereocenters. The van der Waals surface area contributed by atoms with Crippen molar-refractivity contribution >= 4 is 6.03 Å². The maximum Gasteiger partial charge on any atom is 0.315 e. The fraction of sp³-hybridized carbons (Fsp3) is 0.611. The van der Waals surface area contributed by atoms with Crippen molar-refractivity contribution in [3.05, 3.63) is 35.9 Å². The van der Waals surface area contributed by atoms with Crippen LogP contribution in [0.1, 0.15) is 50.6 Å². The van der Waals surface area contributed by atoms with E-state index in [4.69, 9.17) is 0 Å². The summed E-state index contributed by atoms with van der Waals surface area (Å²) < 4.78 is 0. The molecule has 1 aromatic carbocycles. The van der Waals surface area contributed by atoms with Gasteiger partial charge in [0.15, 0.2) is 0 Å². The standard InChI is InChI=1S/C18H27N3O/c1-14(15-7-3-2-4-8-15)21-12-11-17(13-21)20-18(22)19-16-9-5-6-10-16/h2-4,7-8,14,16-17H,5-6,9-13H2,1H3,(H2,19,20,22)/t14-,17+/m0/s1. The molecule has 2 N–H and O–H groups in total. The summed E-state index contributed by atoms with van der Waals surface area (Å²) in [7, 11) is 0. The second-order valence-corrected chi connectivity index (χ2v) is 6.67. The lowest BCUT2D eigenvalue weighted by Gasteiger charge is -2.25. The van der Waals surface area contributed by atoms with E-state index in [1.807, 2.05) is 0 Å².